The number of hydrogen-bond donors (Lipinski definition) is 2. The molecule has 0 saturated heterocycles. The number of phenolic OH excluding ortho intramolecular Hbond substituents is 2. The highest BCUT2D eigenvalue weighted by Gasteiger charge is 2.10. The minimum Gasteiger partial charge on any atom is -0.504 e. The molecule has 2 heteroatoms. The van der Waals surface area contributed by atoms with Crippen LogP contribution in [-0.2, 0) is 6.42 Å². The van der Waals surface area contributed by atoms with Crippen molar-refractivity contribution in [2.24, 2.45) is 0 Å². The van der Waals surface area contributed by atoms with Crippen LogP contribution >= 0.6 is 0 Å². The van der Waals surface area contributed by atoms with Crippen molar-refractivity contribution in [3.8, 4) is 11.5 Å². The largest absolute Gasteiger partial charge is 0.504 e. The molecular weight excluding hydrogens is 188 g/mol. The molecule has 0 unspecified atom stereocenters. The third-order valence-corrected chi connectivity index (χ3v) is 3.00. The SMILES string of the molecule is CCCCCc1cc(O)c(O)c(C)c1C. The summed E-state index contributed by atoms with van der Waals surface area (Å²) in [7, 11) is 0. The molecule has 0 heterocycles. The van der Waals surface area contributed by atoms with Gasteiger partial charge in [-0.3, -0.25) is 0 Å². The van der Waals surface area contributed by atoms with Gasteiger partial charge in [-0.1, -0.05) is 19.8 Å². The first-order valence-corrected chi connectivity index (χ1v) is 5.59. The molecule has 0 saturated carbocycles. The Morgan fingerprint density at radius 1 is 1.07 bits per heavy atom. The van der Waals surface area contributed by atoms with Gasteiger partial charge in [0.1, 0.15) is 0 Å². The van der Waals surface area contributed by atoms with Crippen LogP contribution in [0.4, 0.5) is 0 Å². The van der Waals surface area contributed by atoms with E-state index in [0.717, 1.165) is 29.5 Å². The maximum atomic E-state index is 9.53. The van der Waals surface area contributed by atoms with E-state index in [1.165, 1.54) is 12.8 Å². The van der Waals surface area contributed by atoms with E-state index in [9.17, 15) is 10.2 Å². The Morgan fingerprint density at radius 2 is 1.73 bits per heavy atom. The van der Waals surface area contributed by atoms with E-state index in [0.29, 0.717) is 0 Å². The molecule has 15 heavy (non-hydrogen) atoms. The maximum absolute atomic E-state index is 9.53. The van der Waals surface area contributed by atoms with Crippen LogP contribution in [0.25, 0.3) is 0 Å². The zero-order chi connectivity index (χ0) is 11.4. The van der Waals surface area contributed by atoms with Crippen LogP contribution in [0.15, 0.2) is 6.07 Å². The Bertz CT molecular complexity index is 343. The molecule has 0 aliphatic rings. The highest BCUT2D eigenvalue weighted by Crippen LogP contribution is 2.33. The molecule has 0 spiro atoms. The number of aromatic hydroxyl groups is 2. The summed E-state index contributed by atoms with van der Waals surface area (Å²) in [6.07, 6.45) is 4.53. The molecule has 2 N–H and O–H groups in total. The molecule has 1 aromatic carbocycles. The summed E-state index contributed by atoms with van der Waals surface area (Å²) in [5.41, 5.74) is 3.04. The van der Waals surface area contributed by atoms with Crippen molar-refractivity contribution in [3.63, 3.8) is 0 Å². The minimum absolute atomic E-state index is 0.00426. The van der Waals surface area contributed by atoms with Crippen LogP contribution < -0.4 is 0 Å². The van der Waals surface area contributed by atoms with Crippen molar-refractivity contribution >= 4 is 0 Å². The summed E-state index contributed by atoms with van der Waals surface area (Å²) in [6, 6.07) is 1.69. The van der Waals surface area contributed by atoms with E-state index in [4.69, 9.17) is 0 Å². The van der Waals surface area contributed by atoms with Crippen LogP contribution in [-0.4, -0.2) is 10.2 Å². The van der Waals surface area contributed by atoms with Gasteiger partial charge in [-0.15, -0.1) is 0 Å². The molecule has 0 radical (unpaired) electrons. The van der Waals surface area contributed by atoms with Crippen molar-refractivity contribution in [3.05, 3.63) is 22.8 Å². The molecule has 0 amide bonds. The van der Waals surface area contributed by atoms with E-state index in [-0.39, 0.29) is 11.5 Å². The van der Waals surface area contributed by atoms with Crippen LogP contribution in [0.1, 0.15) is 42.9 Å². The van der Waals surface area contributed by atoms with E-state index < -0.39 is 0 Å². The van der Waals surface area contributed by atoms with E-state index in [1.807, 2.05) is 13.8 Å². The fraction of sp³-hybridized carbons (Fsp3) is 0.538. The van der Waals surface area contributed by atoms with Crippen molar-refractivity contribution < 1.29 is 10.2 Å². The topological polar surface area (TPSA) is 40.5 Å². The average Bonchev–Trinajstić information content (AvgIpc) is 2.23. The quantitative estimate of drug-likeness (QED) is 0.587. The van der Waals surface area contributed by atoms with Gasteiger partial charge in [0.2, 0.25) is 0 Å². The van der Waals surface area contributed by atoms with E-state index >= 15 is 0 Å². The van der Waals surface area contributed by atoms with Gasteiger partial charge < -0.3 is 10.2 Å². The lowest BCUT2D eigenvalue weighted by molar-refractivity contribution is 0.400. The Kier molecular flexibility index (Phi) is 4.01. The highest BCUT2D eigenvalue weighted by molar-refractivity contribution is 5.51. The van der Waals surface area contributed by atoms with Gasteiger partial charge >= 0.3 is 0 Å². The predicted octanol–water partition coefficient (Wildman–Crippen LogP) is 3.45. The zero-order valence-electron chi connectivity index (χ0n) is 9.80. The van der Waals surface area contributed by atoms with Crippen LogP contribution in [0.3, 0.4) is 0 Å². The zero-order valence-corrected chi connectivity index (χ0v) is 9.80. The molecule has 1 aromatic rings. The molecule has 2 nitrogen and oxygen atoms in total. The van der Waals surface area contributed by atoms with Gasteiger partial charge in [-0.05, 0) is 49.4 Å². The van der Waals surface area contributed by atoms with Gasteiger partial charge in [-0.2, -0.15) is 0 Å². The molecular formula is C13H20O2. The number of hydrogen-bond acceptors (Lipinski definition) is 2. The molecule has 84 valence electrons. The Balaban J connectivity index is 2.89. The first-order valence-electron chi connectivity index (χ1n) is 5.59. The fourth-order valence-electron chi connectivity index (χ4n) is 1.78. The lowest BCUT2D eigenvalue weighted by atomic mass is 9.97. The first kappa shape index (κ1) is 11.9. The van der Waals surface area contributed by atoms with Crippen LogP contribution in [0, 0.1) is 13.8 Å². The van der Waals surface area contributed by atoms with Crippen molar-refractivity contribution in [1.82, 2.24) is 0 Å². The summed E-state index contributed by atoms with van der Waals surface area (Å²) in [5.74, 6) is 0.0244. The van der Waals surface area contributed by atoms with Crippen LogP contribution in [0.5, 0.6) is 11.5 Å². The normalized spacial score (nSPS) is 10.6. The summed E-state index contributed by atoms with van der Waals surface area (Å²) in [6.45, 7) is 6.01. The van der Waals surface area contributed by atoms with Gasteiger partial charge in [0.15, 0.2) is 11.5 Å². The molecule has 0 atom stereocenters. The maximum Gasteiger partial charge on any atom is 0.160 e. The summed E-state index contributed by atoms with van der Waals surface area (Å²) >= 11 is 0. The molecule has 0 aliphatic heterocycles. The van der Waals surface area contributed by atoms with Gasteiger partial charge in [0.25, 0.3) is 0 Å². The second kappa shape index (κ2) is 5.06. The Hall–Kier alpha value is -1.18. The minimum atomic E-state index is 0.00426. The number of phenols is 2. The summed E-state index contributed by atoms with van der Waals surface area (Å²) in [4.78, 5) is 0. The molecule has 0 bridgehead atoms. The second-order valence-electron chi connectivity index (χ2n) is 4.11. The predicted molar refractivity (Wildman–Crippen MR) is 62.5 cm³/mol. The highest BCUT2D eigenvalue weighted by atomic mass is 16.3. The first-order chi connectivity index (χ1) is 7.07. The van der Waals surface area contributed by atoms with Crippen molar-refractivity contribution in [2.75, 3.05) is 0 Å². The lowest BCUT2D eigenvalue weighted by Gasteiger charge is -2.11. The number of benzene rings is 1. The van der Waals surface area contributed by atoms with Crippen molar-refractivity contribution in [2.45, 2.75) is 46.5 Å². The number of rotatable bonds is 4. The Morgan fingerprint density at radius 3 is 2.33 bits per heavy atom. The number of unbranched alkanes of at least 4 members (excludes halogenated alkanes) is 2. The lowest BCUT2D eigenvalue weighted by Crippen LogP contribution is -1.93. The van der Waals surface area contributed by atoms with Gasteiger partial charge in [0.05, 0.1) is 0 Å². The van der Waals surface area contributed by atoms with Crippen molar-refractivity contribution in [1.29, 1.82) is 0 Å². The van der Waals surface area contributed by atoms with E-state index in [1.54, 1.807) is 6.07 Å². The molecule has 0 aromatic heterocycles. The average molecular weight is 208 g/mol. The number of aryl methyl sites for hydroxylation is 1. The summed E-state index contributed by atoms with van der Waals surface area (Å²) in [5, 5.41) is 19.0. The third kappa shape index (κ3) is 2.65. The van der Waals surface area contributed by atoms with E-state index in [2.05, 4.69) is 6.92 Å². The Labute approximate surface area is 91.6 Å². The third-order valence-electron chi connectivity index (χ3n) is 3.00. The molecule has 1 rings (SSSR count). The summed E-state index contributed by atoms with van der Waals surface area (Å²) < 4.78 is 0. The standard InChI is InChI=1S/C13H20O2/c1-4-5-6-7-11-8-12(14)13(15)10(3)9(11)2/h8,14-15H,4-7H2,1-3H3. The molecule has 0 fully saturated rings. The monoisotopic (exact) mass is 208 g/mol. The van der Waals surface area contributed by atoms with Gasteiger partial charge in [0, 0.05) is 0 Å². The second-order valence-corrected chi connectivity index (χ2v) is 4.11. The van der Waals surface area contributed by atoms with Gasteiger partial charge in [-0.25, -0.2) is 0 Å². The van der Waals surface area contributed by atoms with Crippen LogP contribution in [0.2, 0.25) is 0 Å². The smallest absolute Gasteiger partial charge is 0.160 e. The fourth-order valence-corrected chi connectivity index (χ4v) is 1.78. The molecule has 0 aliphatic carbocycles.